The van der Waals surface area contributed by atoms with E-state index in [1.165, 1.54) is 0 Å². The number of amides is 1. The molecule has 28 heavy (non-hydrogen) atoms. The van der Waals surface area contributed by atoms with Crippen LogP contribution in [0.2, 0.25) is 0 Å². The number of nitrogens with zero attached hydrogens (tertiary/aromatic N) is 6. The lowest BCUT2D eigenvalue weighted by Crippen LogP contribution is -2.48. The van der Waals surface area contributed by atoms with Gasteiger partial charge in [0, 0.05) is 57.4 Å². The van der Waals surface area contributed by atoms with Crippen molar-refractivity contribution in [2.24, 2.45) is 7.05 Å². The number of carbonyl (C=O) groups excluding carboxylic acids is 1. The van der Waals surface area contributed by atoms with Crippen LogP contribution in [0, 0.1) is 0 Å². The molecule has 0 radical (unpaired) electrons. The Hall–Kier alpha value is -3.26. The van der Waals surface area contributed by atoms with Crippen molar-refractivity contribution in [1.29, 1.82) is 0 Å². The Morgan fingerprint density at radius 2 is 1.89 bits per heavy atom. The minimum atomic E-state index is -0.0376. The third-order valence-corrected chi connectivity index (χ3v) is 4.77. The average molecular weight is 377 g/mol. The lowest BCUT2D eigenvalue weighted by Gasteiger charge is -2.34. The van der Waals surface area contributed by atoms with Crippen LogP contribution in [-0.2, 0) is 11.8 Å². The Bertz CT molecular complexity index is 932. The lowest BCUT2D eigenvalue weighted by molar-refractivity contribution is -0.117. The van der Waals surface area contributed by atoms with E-state index in [1.54, 1.807) is 17.1 Å². The second kappa shape index (κ2) is 8.18. The topological polar surface area (TPSA) is 79.2 Å². The Morgan fingerprint density at radius 3 is 2.61 bits per heavy atom. The van der Waals surface area contributed by atoms with Gasteiger partial charge in [0.2, 0.25) is 5.91 Å². The van der Waals surface area contributed by atoms with E-state index in [1.807, 2.05) is 49.8 Å². The molecule has 1 amide bonds. The fourth-order valence-electron chi connectivity index (χ4n) is 3.35. The van der Waals surface area contributed by atoms with Crippen molar-refractivity contribution >= 4 is 17.4 Å². The minimum absolute atomic E-state index is 0.0376. The summed E-state index contributed by atoms with van der Waals surface area (Å²) in [4.78, 5) is 25.8. The summed E-state index contributed by atoms with van der Waals surface area (Å²) in [5, 5.41) is 7.19. The predicted molar refractivity (Wildman–Crippen MR) is 108 cm³/mol. The minimum Gasteiger partial charge on any atom is -0.354 e. The van der Waals surface area contributed by atoms with Gasteiger partial charge in [0.25, 0.3) is 0 Å². The normalized spacial score (nSPS) is 14.8. The fourth-order valence-corrected chi connectivity index (χ4v) is 3.35. The van der Waals surface area contributed by atoms with Crippen molar-refractivity contribution in [2.75, 3.05) is 42.9 Å². The summed E-state index contributed by atoms with van der Waals surface area (Å²) >= 11 is 0. The molecule has 1 saturated heterocycles. The van der Waals surface area contributed by atoms with Crippen LogP contribution in [0.3, 0.4) is 0 Å². The molecule has 0 saturated carbocycles. The first-order valence-electron chi connectivity index (χ1n) is 9.31. The predicted octanol–water partition coefficient (Wildman–Crippen LogP) is 1.64. The van der Waals surface area contributed by atoms with Crippen molar-refractivity contribution in [3.63, 3.8) is 0 Å². The zero-order valence-corrected chi connectivity index (χ0v) is 15.8. The van der Waals surface area contributed by atoms with Gasteiger partial charge in [-0.3, -0.25) is 19.4 Å². The maximum Gasteiger partial charge on any atom is 0.238 e. The number of hydrogen-bond acceptors (Lipinski definition) is 6. The summed E-state index contributed by atoms with van der Waals surface area (Å²) in [6.07, 6.45) is 7.15. The largest absolute Gasteiger partial charge is 0.354 e. The number of hydrogen-bond donors (Lipinski definition) is 1. The number of nitrogens with one attached hydrogen (secondary N) is 1. The number of piperazine rings is 1. The van der Waals surface area contributed by atoms with Crippen LogP contribution in [0.5, 0.6) is 0 Å². The summed E-state index contributed by atoms with van der Waals surface area (Å²) in [7, 11) is 1.86. The zero-order valence-electron chi connectivity index (χ0n) is 15.8. The summed E-state index contributed by atoms with van der Waals surface area (Å²) in [5.74, 6) is 0.951. The average Bonchev–Trinajstić information content (AvgIpc) is 3.16. The molecule has 1 aliphatic heterocycles. The molecule has 0 bridgehead atoms. The molecule has 0 spiro atoms. The third-order valence-electron chi connectivity index (χ3n) is 4.77. The lowest BCUT2D eigenvalue weighted by atomic mass is 10.2. The Kier molecular flexibility index (Phi) is 5.29. The third kappa shape index (κ3) is 4.17. The maximum atomic E-state index is 12.6. The molecular formula is C20H23N7O. The molecule has 8 heteroatoms. The molecule has 3 aromatic heterocycles. The number of carbonyl (C=O) groups is 1. The maximum absolute atomic E-state index is 12.6. The highest BCUT2D eigenvalue weighted by Crippen LogP contribution is 2.24. The Morgan fingerprint density at radius 1 is 1.07 bits per heavy atom. The summed E-state index contributed by atoms with van der Waals surface area (Å²) in [5.41, 5.74) is 2.30. The molecule has 1 aliphatic rings. The van der Waals surface area contributed by atoms with Crippen molar-refractivity contribution < 1.29 is 4.79 Å². The van der Waals surface area contributed by atoms with Gasteiger partial charge < -0.3 is 10.2 Å². The highest BCUT2D eigenvalue weighted by molar-refractivity contribution is 5.95. The van der Waals surface area contributed by atoms with E-state index in [0.717, 1.165) is 43.3 Å². The van der Waals surface area contributed by atoms with Crippen molar-refractivity contribution in [2.45, 2.75) is 0 Å². The van der Waals surface area contributed by atoms with E-state index >= 15 is 0 Å². The van der Waals surface area contributed by atoms with Crippen LogP contribution in [0.25, 0.3) is 11.3 Å². The van der Waals surface area contributed by atoms with Crippen LogP contribution in [0.4, 0.5) is 11.5 Å². The first kappa shape index (κ1) is 18.1. The molecule has 3 aromatic rings. The second-order valence-corrected chi connectivity index (χ2v) is 6.80. The number of rotatable bonds is 5. The SMILES string of the molecule is Cn1cc(-c2ncccc2NC(=O)CN2CCN(c3ccccn3)CC2)cn1. The van der Waals surface area contributed by atoms with Gasteiger partial charge in [-0.05, 0) is 24.3 Å². The number of anilines is 2. The molecule has 0 aromatic carbocycles. The van der Waals surface area contributed by atoms with Crippen molar-refractivity contribution in [1.82, 2.24) is 24.6 Å². The van der Waals surface area contributed by atoms with E-state index in [9.17, 15) is 4.79 Å². The molecule has 4 heterocycles. The molecule has 1 fully saturated rings. The van der Waals surface area contributed by atoms with Gasteiger partial charge in [-0.2, -0.15) is 5.10 Å². The molecule has 144 valence electrons. The molecule has 0 aliphatic carbocycles. The van der Waals surface area contributed by atoms with Gasteiger partial charge in [0.1, 0.15) is 5.82 Å². The van der Waals surface area contributed by atoms with Gasteiger partial charge in [0.05, 0.1) is 24.1 Å². The van der Waals surface area contributed by atoms with Gasteiger partial charge in [0.15, 0.2) is 0 Å². The monoisotopic (exact) mass is 377 g/mol. The van der Waals surface area contributed by atoms with E-state index in [4.69, 9.17) is 0 Å². The highest BCUT2D eigenvalue weighted by atomic mass is 16.2. The van der Waals surface area contributed by atoms with Gasteiger partial charge in [-0.1, -0.05) is 6.07 Å². The van der Waals surface area contributed by atoms with Crippen LogP contribution in [-0.4, -0.2) is 63.3 Å². The quantitative estimate of drug-likeness (QED) is 0.728. The summed E-state index contributed by atoms with van der Waals surface area (Å²) in [6.45, 7) is 3.73. The van der Waals surface area contributed by atoms with E-state index < -0.39 is 0 Å². The second-order valence-electron chi connectivity index (χ2n) is 6.80. The molecular weight excluding hydrogens is 354 g/mol. The molecule has 0 unspecified atom stereocenters. The standard InChI is InChI=1S/C20H23N7O/c1-25-14-16(13-23-25)20-17(5-4-8-22-20)24-19(28)15-26-9-11-27(12-10-26)18-6-2-3-7-21-18/h2-8,13-14H,9-12,15H2,1H3,(H,24,28). The first-order chi connectivity index (χ1) is 13.7. The van der Waals surface area contributed by atoms with E-state index in [2.05, 4.69) is 30.2 Å². The number of pyridine rings is 2. The van der Waals surface area contributed by atoms with Crippen molar-refractivity contribution in [3.8, 4) is 11.3 Å². The zero-order chi connectivity index (χ0) is 19.3. The van der Waals surface area contributed by atoms with Crippen LogP contribution >= 0.6 is 0 Å². The molecule has 8 nitrogen and oxygen atoms in total. The van der Waals surface area contributed by atoms with E-state index in [0.29, 0.717) is 12.2 Å². The van der Waals surface area contributed by atoms with Gasteiger partial charge >= 0.3 is 0 Å². The molecule has 4 rings (SSSR count). The van der Waals surface area contributed by atoms with Gasteiger partial charge in [-0.25, -0.2) is 4.98 Å². The smallest absolute Gasteiger partial charge is 0.238 e. The van der Waals surface area contributed by atoms with Crippen LogP contribution in [0.15, 0.2) is 55.1 Å². The Balaban J connectivity index is 1.35. The Labute approximate surface area is 163 Å². The van der Waals surface area contributed by atoms with Crippen LogP contribution < -0.4 is 10.2 Å². The first-order valence-corrected chi connectivity index (χ1v) is 9.31. The summed E-state index contributed by atoms with van der Waals surface area (Å²) < 4.78 is 1.72. The summed E-state index contributed by atoms with van der Waals surface area (Å²) in [6, 6.07) is 9.62. The van der Waals surface area contributed by atoms with Gasteiger partial charge in [-0.15, -0.1) is 0 Å². The van der Waals surface area contributed by atoms with Crippen LogP contribution in [0.1, 0.15) is 0 Å². The molecule has 1 N–H and O–H groups in total. The number of aryl methyl sites for hydroxylation is 1. The molecule has 0 atom stereocenters. The van der Waals surface area contributed by atoms with Crippen molar-refractivity contribution in [3.05, 3.63) is 55.1 Å². The highest BCUT2D eigenvalue weighted by Gasteiger charge is 2.20. The fraction of sp³-hybridized carbons (Fsp3) is 0.300. The van der Waals surface area contributed by atoms with E-state index in [-0.39, 0.29) is 5.91 Å². The number of aromatic nitrogens is 4.